The number of hydrogen-bond donors (Lipinski definition) is 3. The number of H-pyrrole nitrogens is 1. The number of non-ortho nitro benzene ring substituents is 1. The molecule has 0 spiro atoms. The predicted molar refractivity (Wildman–Crippen MR) is 107 cm³/mol. The van der Waals surface area contributed by atoms with Crippen LogP contribution in [0.2, 0.25) is 0 Å². The average Bonchev–Trinajstić information content (AvgIpc) is 3.10. The van der Waals surface area contributed by atoms with Gasteiger partial charge in [-0.2, -0.15) is 0 Å². The van der Waals surface area contributed by atoms with Crippen LogP contribution < -0.4 is 11.2 Å². The minimum atomic E-state index is -1.77. The van der Waals surface area contributed by atoms with Crippen LogP contribution in [-0.4, -0.2) is 48.8 Å². The molecule has 1 aliphatic rings. The van der Waals surface area contributed by atoms with E-state index in [2.05, 4.69) is 20.9 Å². The van der Waals surface area contributed by atoms with Crippen LogP contribution in [0.5, 0.6) is 0 Å². The topological polar surface area (TPSA) is 165 Å². The molecule has 11 nitrogen and oxygen atoms in total. The van der Waals surface area contributed by atoms with Gasteiger partial charge in [-0.1, -0.05) is 15.9 Å². The van der Waals surface area contributed by atoms with Gasteiger partial charge in [0.15, 0.2) is 5.78 Å². The molecule has 1 unspecified atom stereocenters. The number of Topliss-reactive ketones (excluding diaryl/α,β-unsaturated/α-hetero) is 1. The van der Waals surface area contributed by atoms with Crippen LogP contribution in [0.25, 0.3) is 6.08 Å². The fourth-order valence-electron chi connectivity index (χ4n) is 3.10. The molecule has 3 rings (SSSR count). The van der Waals surface area contributed by atoms with Crippen molar-refractivity contribution in [2.24, 2.45) is 0 Å². The number of nitrogens with one attached hydrogen (secondary N) is 1. The number of aliphatic hydroxyl groups excluding tert-OH is 2. The number of aromatic amines is 1. The van der Waals surface area contributed by atoms with Crippen molar-refractivity contribution in [3.05, 3.63) is 77.5 Å². The summed E-state index contributed by atoms with van der Waals surface area (Å²) >= 11 is 3.04. The van der Waals surface area contributed by atoms with E-state index in [1.54, 1.807) is 0 Å². The van der Waals surface area contributed by atoms with Crippen LogP contribution in [0.4, 0.5) is 5.69 Å². The Kier molecular flexibility index (Phi) is 6.41. The first-order valence-electron chi connectivity index (χ1n) is 8.65. The summed E-state index contributed by atoms with van der Waals surface area (Å²) in [4.78, 5) is 50.1. The third kappa shape index (κ3) is 4.31. The molecule has 0 saturated carbocycles. The zero-order valence-electron chi connectivity index (χ0n) is 15.2. The first kappa shape index (κ1) is 21.8. The molecule has 4 atom stereocenters. The highest BCUT2D eigenvalue weighted by Crippen LogP contribution is 2.30. The molecule has 1 aromatic heterocycles. The smallest absolute Gasteiger partial charge is 0.330 e. The number of hydrogen-bond acceptors (Lipinski definition) is 8. The van der Waals surface area contributed by atoms with Crippen LogP contribution in [0, 0.1) is 10.1 Å². The second kappa shape index (κ2) is 8.83. The lowest BCUT2D eigenvalue weighted by atomic mass is 9.99. The van der Waals surface area contributed by atoms with Crippen molar-refractivity contribution in [3.63, 3.8) is 0 Å². The maximum atomic E-state index is 12.5. The maximum Gasteiger partial charge on any atom is 0.330 e. The minimum absolute atomic E-state index is 0.00157. The van der Waals surface area contributed by atoms with E-state index in [0.717, 1.165) is 16.7 Å². The van der Waals surface area contributed by atoms with Crippen LogP contribution in [0.3, 0.4) is 0 Å². The molecule has 1 saturated heterocycles. The van der Waals surface area contributed by atoms with Gasteiger partial charge in [-0.3, -0.25) is 29.3 Å². The van der Waals surface area contributed by atoms with Crippen molar-refractivity contribution in [3.8, 4) is 0 Å². The molecular formula is C18H16BrN3O8. The number of nitrogens with zero attached hydrogens (tertiary/aromatic N) is 2. The quantitative estimate of drug-likeness (QED) is 0.308. The highest BCUT2D eigenvalue weighted by Gasteiger charge is 2.42. The van der Waals surface area contributed by atoms with Crippen molar-refractivity contribution in [2.45, 2.75) is 31.0 Å². The number of ether oxygens (including phenoxy) is 1. The van der Waals surface area contributed by atoms with Crippen LogP contribution >= 0.6 is 15.9 Å². The molecule has 2 aromatic rings. The SMILES string of the molecule is O=C(c1ccc([N+](=O)[O-])cc1)C(O)[C@H]1O[C@@H](n2cc(/C=C/Br)c(=O)[nH]c2=O)C[C@@H]1O. The van der Waals surface area contributed by atoms with Crippen LogP contribution in [0.1, 0.15) is 28.6 Å². The number of halogens is 1. The number of ketones is 1. The number of aromatic nitrogens is 2. The largest absolute Gasteiger partial charge is 0.390 e. The Hall–Kier alpha value is -2.93. The maximum absolute atomic E-state index is 12.5. The molecule has 0 bridgehead atoms. The van der Waals surface area contributed by atoms with E-state index in [1.165, 1.54) is 29.4 Å². The first-order valence-corrected chi connectivity index (χ1v) is 9.57. The molecule has 12 heteroatoms. The van der Waals surface area contributed by atoms with Gasteiger partial charge in [-0.15, -0.1) is 0 Å². The standard InChI is InChI=1S/C18H16BrN3O8/c19-6-5-10-8-21(18(27)20-17(10)26)13-7-12(23)16(30-13)15(25)14(24)9-1-3-11(4-2-9)22(28)29/h1-6,8,12-13,15-16,23,25H,7H2,(H,20,26,27)/b6-5+/t12-,13+,15?,16-/m0/s1. The Morgan fingerprint density at radius 2 is 2.03 bits per heavy atom. The molecule has 0 radical (unpaired) electrons. The van der Waals surface area contributed by atoms with Gasteiger partial charge in [0.1, 0.15) is 18.4 Å². The van der Waals surface area contributed by atoms with Gasteiger partial charge in [0.25, 0.3) is 11.2 Å². The predicted octanol–water partition coefficient (Wildman–Crippen LogP) is 0.703. The Morgan fingerprint density at radius 1 is 1.37 bits per heavy atom. The van der Waals surface area contributed by atoms with Crippen molar-refractivity contribution in [2.75, 3.05) is 0 Å². The zero-order chi connectivity index (χ0) is 22.0. The van der Waals surface area contributed by atoms with Gasteiger partial charge in [-0.25, -0.2) is 4.79 Å². The summed E-state index contributed by atoms with van der Waals surface area (Å²) in [6.45, 7) is 0. The van der Waals surface area contributed by atoms with Gasteiger partial charge in [0.2, 0.25) is 0 Å². The highest BCUT2D eigenvalue weighted by atomic mass is 79.9. The molecule has 0 aliphatic carbocycles. The molecule has 0 amide bonds. The van der Waals surface area contributed by atoms with Crippen molar-refractivity contribution >= 4 is 33.5 Å². The summed E-state index contributed by atoms with van der Waals surface area (Å²) < 4.78 is 6.61. The number of nitro groups is 1. The molecule has 3 N–H and O–H groups in total. The first-order chi connectivity index (χ1) is 14.2. The highest BCUT2D eigenvalue weighted by molar-refractivity contribution is 9.11. The molecule has 2 heterocycles. The van der Waals surface area contributed by atoms with Gasteiger partial charge in [0.05, 0.1) is 16.6 Å². The average molecular weight is 482 g/mol. The number of nitro benzene ring substituents is 1. The van der Waals surface area contributed by atoms with Gasteiger partial charge < -0.3 is 14.9 Å². The van der Waals surface area contributed by atoms with E-state index >= 15 is 0 Å². The minimum Gasteiger partial charge on any atom is -0.390 e. The van der Waals surface area contributed by atoms with Crippen molar-refractivity contribution in [1.82, 2.24) is 9.55 Å². The summed E-state index contributed by atoms with van der Waals surface area (Å²) in [6, 6.07) is 4.61. The van der Waals surface area contributed by atoms with E-state index in [-0.39, 0.29) is 23.2 Å². The number of carbonyl (C=O) groups excluding carboxylic acids is 1. The van der Waals surface area contributed by atoms with E-state index in [4.69, 9.17) is 4.74 Å². The monoisotopic (exact) mass is 481 g/mol. The second-order valence-electron chi connectivity index (χ2n) is 6.52. The lowest BCUT2D eigenvalue weighted by Gasteiger charge is -2.20. The molecule has 1 fully saturated rings. The molecular weight excluding hydrogens is 466 g/mol. The Balaban J connectivity index is 1.81. The number of benzene rings is 1. The van der Waals surface area contributed by atoms with Gasteiger partial charge in [0, 0.05) is 30.3 Å². The van der Waals surface area contributed by atoms with E-state index in [1.807, 2.05) is 0 Å². The van der Waals surface area contributed by atoms with Gasteiger partial charge >= 0.3 is 5.69 Å². The number of carbonyl (C=O) groups is 1. The van der Waals surface area contributed by atoms with Crippen LogP contribution in [0.15, 0.2) is 45.0 Å². The molecule has 158 valence electrons. The van der Waals surface area contributed by atoms with Crippen molar-refractivity contribution in [1.29, 1.82) is 0 Å². The Morgan fingerprint density at radius 3 is 2.63 bits per heavy atom. The van der Waals surface area contributed by atoms with Crippen molar-refractivity contribution < 1.29 is 24.7 Å². The molecule has 1 aromatic carbocycles. The molecule has 30 heavy (non-hydrogen) atoms. The summed E-state index contributed by atoms with van der Waals surface area (Å²) in [5.74, 6) is -0.800. The fraction of sp³-hybridized carbons (Fsp3) is 0.278. The molecule has 1 aliphatic heterocycles. The summed E-state index contributed by atoms with van der Waals surface area (Å²) in [5.41, 5.74) is -1.46. The third-order valence-corrected chi connectivity index (χ3v) is 4.89. The Labute approximate surface area is 176 Å². The zero-order valence-corrected chi connectivity index (χ0v) is 16.8. The third-order valence-electron chi connectivity index (χ3n) is 4.63. The van der Waals surface area contributed by atoms with E-state index < -0.39 is 46.5 Å². The van der Waals surface area contributed by atoms with Crippen LogP contribution in [-0.2, 0) is 4.74 Å². The summed E-state index contributed by atoms with van der Waals surface area (Å²) in [6.07, 6.45) is -2.89. The summed E-state index contributed by atoms with van der Waals surface area (Å²) in [5, 5.41) is 31.4. The number of rotatable bonds is 6. The lowest BCUT2D eigenvalue weighted by molar-refractivity contribution is -0.384. The van der Waals surface area contributed by atoms with E-state index in [9.17, 15) is 34.7 Å². The fourth-order valence-corrected chi connectivity index (χ4v) is 3.39. The van der Waals surface area contributed by atoms with E-state index in [0.29, 0.717) is 0 Å². The van der Waals surface area contributed by atoms with Gasteiger partial charge in [-0.05, 0) is 23.2 Å². The summed E-state index contributed by atoms with van der Waals surface area (Å²) in [7, 11) is 0. The number of aliphatic hydroxyl groups is 2. The Bertz CT molecular complexity index is 1110. The lowest BCUT2D eigenvalue weighted by Crippen LogP contribution is -2.40. The second-order valence-corrected chi connectivity index (χ2v) is 7.04. The normalized spacial score (nSPS) is 22.3.